The molecule has 1 N–H and O–H groups in total. The largest absolute Gasteiger partial charge is 0.462 e. The number of hydrogen-bond donors (Lipinski definition) is 1. The Morgan fingerprint density at radius 2 is 2.45 bits per heavy atom. The van der Waals surface area contributed by atoms with E-state index in [1.807, 2.05) is 7.05 Å². The number of rotatable bonds is 6. The van der Waals surface area contributed by atoms with Crippen LogP contribution in [0.4, 0.5) is 0 Å². The van der Waals surface area contributed by atoms with E-state index >= 15 is 0 Å². The van der Waals surface area contributed by atoms with E-state index in [1.54, 1.807) is 17.8 Å². The standard InChI is InChI=1S/C14H23N3O3/c1-4-19-13(18)11-8-16-17(3)12(11)9-15-10-14(2)6-5-7-20-14/h8,15H,4-7,9-10H2,1-3H3. The third kappa shape index (κ3) is 3.37. The summed E-state index contributed by atoms with van der Waals surface area (Å²) >= 11 is 0. The molecule has 1 aromatic heterocycles. The monoisotopic (exact) mass is 281 g/mol. The van der Waals surface area contributed by atoms with E-state index in [1.165, 1.54) is 0 Å². The molecular formula is C14H23N3O3. The smallest absolute Gasteiger partial charge is 0.341 e. The van der Waals surface area contributed by atoms with Crippen LogP contribution < -0.4 is 5.32 Å². The SMILES string of the molecule is CCOC(=O)c1cnn(C)c1CNCC1(C)CCCO1. The first-order valence-corrected chi connectivity index (χ1v) is 7.08. The molecule has 20 heavy (non-hydrogen) atoms. The maximum Gasteiger partial charge on any atom is 0.341 e. The molecule has 1 atom stereocenters. The van der Waals surface area contributed by atoms with Crippen molar-refractivity contribution in [2.45, 2.75) is 38.8 Å². The van der Waals surface area contributed by atoms with Gasteiger partial charge in [-0.3, -0.25) is 4.68 Å². The molecule has 1 fully saturated rings. The van der Waals surface area contributed by atoms with Gasteiger partial charge in [-0.2, -0.15) is 5.10 Å². The number of ether oxygens (including phenoxy) is 2. The quantitative estimate of drug-likeness (QED) is 0.795. The highest BCUT2D eigenvalue weighted by Gasteiger charge is 2.29. The summed E-state index contributed by atoms with van der Waals surface area (Å²) in [6.07, 6.45) is 3.73. The normalized spacial score (nSPS) is 22.1. The summed E-state index contributed by atoms with van der Waals surface area (Å²) < 4.78 is 12.5. The summed E-state index contributed by atoms with van der Waals surface area (Å²) in [6, 6.07) is 0. The van der Waals surface area contributed by atoms with Crippen LogP contribution in [-0.2, 0) is 23.1 Å². The van der Waals surface area contributed by atoms with Crippen molar-refractivity contribution in [3.05, 3.63) is 17.5 Å². The van der Waals surface area contributed by atoms with Crippen LogP contribution in [0.2, 0.25) is 0 Å². The Labute approximate surface area is 119 Å². The van der Waals surface area contributed by atoms with Crippen LogP contribution in [0.1, 0.15) is 42.7 Å². The predicted octanol–water partition coefficient (Wildman–Crippen LogP) is 1.26. The molecule has 2 rings (SSSR count). The van der Waals surface area contributed by atoms with Crippen molar-refractivity contribution < 1.29 is 14.3 Å². The number of carbonyl (C=O) groups is 1. The summed E-state index contributed by atoms with van der Waals surface area (Å²) in [5, 5.41) is 7.49. The zero-order valence-electron chi connectivity index (χ0n) is 12.4. The van der Waals surface area contributed by atoms with E-state index in [9.17, 15) is 4.79 Å². The van der Waals surface area contributed by atoms with E-state index in [-0.39, 0.29) is 11.6 Å². The zero-order valence-corrected chi connectivity index (χ0v) is 12.4. The Morgan fingerprint density at radius 1 is 1.65 bits per heavy atom. The molecule has 0 saturated carbocycles. The third-order valence-corrected chi connectivity index (χ3v) is 3.65. The molecule has 0 bridgehead atoms. The molecule has 1 aromatic rings. The fourth-order valence-electron chi connectivity index (χ4n) is 2.47. The molecule has 0 aliphatic carbocycles. The molecule has 112 valence electrons. The summed E-state index contributed by atoms with van der Waals surface area (Å²) in [4.78, 5) is 11.8. The number of carbonyl (C=O) groups excluding carboxylic acids is 1. The highest BCUT2D eigenvalue weighted by Crippen LogP contribution is 2.24. The molecule has 6 heteroatoms. The van der Waals surface area contributed by atoms with Gasteiger partial charge in [-0.1, -0.05) is 0 Å². The average Bonchev–Trinajstić information content (AvgIpc) is 2.98. The van der Waals surface area contributed by atoms with E-state index in [2.05, 4.69) is 17.3 Å². The average molecular weight is 281 g/mol. The van der Waals surface area contributed by atoms with Crippen LogP contribution in [0.15, 0.2) is 6.20 Å². The van der Waals surface area contributed by atoms with Crippen molar-refractivity contribution in [3.8, 4) is 0 Å². The maximum atomic E-state index is 11.8. The van der Waals surface area contributed by atoms with Crippen molar-refractivity contribution in [3.63, 3.8) is 0 Å². The minimum atomic E-state index is -0.319. The molecule has 1 saturated heterocycles. The number of esters is 1. The number of hydrogen-bond acceptors (Lipinski definition) is 5. The van der Waals surface area contributed by atoms with Gasteiger partial charge in [0.1, 0.15) is 5.56 Å². The summed E-state index contributed by atoms with van der Waals surface area (Å²) in [5.41, 5.74) is 1.27. The molecule has 0 aromatic carbocycles. The highest BCUT2D eigenvalue weighted by molar-refractivity contribution is 5.90. The van der Waals surface area contributed by atoms with Gasteiger partial charge in [-0.05, 0) is 26.7 Å². The van der Waals surface area contributed by atoms with Crippen molar-refractivity contribution in [2.75, 3.05) is 19.8 Å². The van der Waals surface area contributed by atoms with Crippen LogP contribution in [0.25, 0.3) is 0 Å². The van der Waals surface area contributed by atoms with Crippen molar-refractivity contribution in [1.29, 1.82) is 0 Å². The van der Waals surface area contributed by atoms with Crippen molar-refractivity contribution in [2.24, 2.45) is 7.05 Å². The summed E-state index contributed by atoms with van der Waals surface area (Å²) in [7, 11) is 1.83. The minimum absolute atomic E-state index is 0.0946. The first-order chi connectivity index (χ1) is 9.56. The lowest BCUT2D eigenvalue weighted by molar-refractivity contribution is 0.0205. The van der Waals surface area contributed by atoms with Crippen LogP contribution in [0, 0.1) is 0 Å². The van der Waals surface area contributed by atoms with Gasteiger partial charge in [-0.25, -0.2) is 4.79 Å². The highest BCUT2D eigenvalue weighted by atomic mass is 16.5. The second-order valence-electron chi connectivity index (χ2n) is 5.35. The molecule has 0 radical (unpaired) electrons. The Bertz CT molecular complexity index is 464. The Kier molecular flexibility index (Phi) is 4.77. The lowest BCUT2D eigenvalue weighted by atomic mass is 10.0. The molecular weight excluding hydrogens is 258 g/mol. The molecule has 1 unspecified atom stereocenters. The predicted molar refractivity (Wildman–Crippen MR) is 74.5 cm³/mol. The lowest BCUT2D eigenvalue weighted by Gasteiger charge is -2.23. The van der Waals surface area contributed by atoms with Gasteiger partial charge in [0.25, 0.3) is 0 Å². The number of aryl methyl sites for hydroxylation is 1. The molecule has 2 heterocycles. The van der Waals surface area contributed by atoms with Crippen LogP contribution in [0.3, 0.4) is 0 Å². The topological polar surface area (TPSA) is 65.4 Å². The fraction of sp³-hybridized carbons (Fsp3) is 0.714. The van der Waals surface area contributed by atoms with Gasteiger partial charge in [0.15, 0.2) is 0 Å². The lowest BCUT2D eigenvalue weighted by Crippen LogP contribution is -2.37. The molecule has 1 aliphatic heterocycles. The van der Waals surface area contributed by atoms with Gasteiger partial charge in [-0.15, -0.1) is 0 Å². The number of nitrogens with zero attached hydrogens (tertiary/aromatic N) is 2. The van der Waals surface area contributed by atoms with E-state index in [0.717, 1.165) is 31.7 Å². The Balaban J connectivity index is 1.95. The minimum Gasteiger partial charge on any atom is -0.462 e. The molecule has 6 nitrogen and oxygen atoms in total. The van der Waals surface area contributed by atoms with Gasteiger partial charge in [0, 0.05) is 26.7 Å². The first kappa shape index (κ1) is 15.0. The second kappa shape index (κ2) is 6.37. The van der Waals surface area contributed by atoms with Crippen LogP contribution in [0.5, 0.6) is 0 Å². The first-order valence-electron chi connectivity index (χ1n) is 7.08. The number of aromatic nitrogens is 2. The van der Waals surface area contributed by atoms with Crippen molar-refractivity contribution >= 4 is 5.97 Å². The fourth-order valence-corrected chi connectivity index (χ4v) is 2.47. The molecule has 1 aliphatic rings. The summed E-state index contributed by atoms with van der Waals surface area (Å²) in [5.74, 6) is -0.319. The van der Waals surface area contributed by atoms with Gasteiger partial charge < -0.3 is 14.8 Å². The van der Waals surface area contributed by atoms with Crippen LogP contribution >= 0.6 is 0 Å². The zero-order chi connectivity index (χ0) is 14.6. The summed E-state index contributed by atoms with van der Waals surface area (Å²) in [6.45, 7) is 6.45. The van der Waals surface area contributed by atoms with Gasteiger partial charge in [0.2, 0.25) is 0 Å². The van der Waals surface area contributed by atoms with E-state index in [4.69, 9.17) is 9.47 Å². The Morgan fingerprint density at radius 3 is 3.10 bits per heavy atom. The van der Waals surface area contributed by atoms with Gasteiger partial charge >= 0.3 is 5.97 Å². The molecule has 0 spiro atoms. The van der Waals surface area contributed by atoms with E-state index < -0.39 is 0 Å². The molecule has 0 amide bonds. The van der Waals surface area contributed by atoms with Crippen LogP contribution in [-0.4, -0.2) is 41.1 Å². The van der Waals surface area contributed by atoms with Gasteiger partial charge in [0.05, 0.1) is 24.1 Å². The third-order valence-electron chi connectivity index (χ3n) is 3.65. The van der Waals surface area contributed by atoms with Crippen molar-refractivity contribution in [1.82, 2.24) is 15.1 Å². The second-order valence-corrected chi connectivity index (χ2v) is 5.35. The van der Waals surface area contributed by atoms with E-state index in [0.29, 0.717) is 18.7 Å². The number of nitrogens with one attached hydrogen (secondary N) is 1. The maximum absolute atomic E-state index is 11.8. The Hall–Kier alpha value is -1.40.